The predicted molar refractivity (Wildman–Crippen MR) is 111 cm³/mol. The number of fused-ring (bicyclic) bond motifs is 1. The fourth-order valence-corrected chi connectivity index (χ4v) is 5.17. The summed E-state index contributed by atoms with van der Waals surface area (Å²) in [5.74, 6) is 0.374. The molecule has 4 rings (SSSR count). The van der Waals surface area contributed by atoms with Crippen LogP contribution in [0, 0.1) is 5.92 Å². The van der Waals surface area contributed by atoms with E-state index < -0.39 is 10.0 Å². The molecule has 1 aliphatic rings. The number of aromatic nitrogens is 1. The summed E-state index contributed by atoms with van der Waals surface area (Å²) < 4.78 is 28.6. The molecule has 2 heterocycles. The molecule has 0 aliphatic carbocycles. The number of pyridine rings is 1. The molecule has 6 heteroatoms. The predicted octanol–water partition coefficient (Wildman–Crippen LogP) is 3.43. The van der Waals surface area contributed by atoms with Crippen molar-refractivity contribution in [3.63, 3.8) is 0 Å². The van der Waals surface area contributed by atoms with Crippen LogP contribution >= 0.6 is 0 Å². The Bertz CT molecular complexity index is 1020. The van der Waals surface area contributed by atoms with Gasteiger partial charge in [-0.2, -0.15) is 0 Å². The third-order valence-corrected chi connectivity index (χ3v) is 6.95. The molecule has 0 bridgehead atoms. The maximum atomic E-state index is 12.9. The Morgan fingerprint density at radius 3 is 2.46 bits per heavy atom. The summed E-state index contributed by atoms with van der Waals surface area (Å²) in [6.07, 6.45) is 5.65. The van der Waals surface area contributed by atoms with Gasteiger partial charge < -0.3 is 0 Å². The minimum Gasteiger partial charge on any atom is -0.299 e. The van der Waals surface area contributed by atoms with Crippen LogP contribution in [0.4, 0.5) is 0 Å². The van der Waals surface area contributed by atoms with Gasteiger partial charge in [-0.3, -0.25) is 9.88 Å². The standard InChI is InChI=1S/C22H25N3O2S/c26-28(27,22-7-3-5-20-4-1-2-6-21(20)22)24-16-18-10-14-25(15-11-18)17-19-8-12-23-13-9-19/h1-9,12-13,18,24H,10-11,14-17H2. The second-order valence-corrected chi connectivity index (χ2v) is 9.14. The minimum atomic E-state index is -3.52. The number of rotatable bonds is 6. The quantitative estimate of drug-likeness (QED) is 0.695. The van der Waals surface area contributed by atoms with Crippen molar-refractivity contribution < 1.29 is 8.42 Å². The monoisotopic (exact) mass is 395 g/mol. The molecule has 1 N–H and O–H groups in total. The molecule has 0 amide bonds. The Labute approximate surface area is 166 Å². The van der Waals surface area contributed by atoms with Crippen LogP contribution in [0.25, 0.3) is 10.8 Å². The first-order valence-electron chi connectivity index (χ1n) is 9.70. The molecule has 0 unspecified atom stereocenters. The molecule has 28 heavy (non-hydrogen) atoms. The van der Waals surface area contributed by atoms with Crippen LogP contribution in [-0.4, -0.2) is 37.9 Å². The number of likely N-dealkylation sites (tertiary alicyclic amines) is 1. The maximum absolute atomic E-state index is 12.9. The van der Waals surface area contributed by atoms with Gasteiger partial charge >= 0.3 is 0 Å². The number of sulfonamides is 1. The van der Waals surface area contributed by atoms with E-state index in [1.165, 1.54) is 5.56 Å². The van der Waals surface area contributed by atoms with Crippen molar-refractivity contribution in [2.45, 2.75) is 24.3 Å². The lowest BCUT2D eigenvalue weighted by atomic mass is 9.97. The molecule has 1 fully saturated rings. The van der Waals surface area contributed by atoms with E-state index in [9.17, 15) is 8.42 Å². The zero-order valence-electron chi connectivity index (χ0n) is 15.8. The molecule has 5 nitrogen and oxygen atoms in total. The van der Waals surface area contributed by atoms with Crippen molar-refractivity contribution in [1.29, 1.82) is 0 Å². The van der Waals surface area contributed by atoms with Crippen molar-refractivity contribution >= 4 is 20.8 Å². The molecular formula is C22H25N3O2S. The number of hydrogen-bond donors (Lipinski definition) is 1. The number of nitrogens with zero attached hydrogens (tertiary/aromatic N) is 2. The molecule has 3 aromatic rings. The van der Waals surface area contributed by atoms with Crippen LogP contribution in [0.1, 0.15) is 18.4 Å². The first kappa shape index (κ1) is 19.1. The van der Waals surface area contributed by atoms with E-state index in [4.69, 9.17) is 0 Å². The van der Waals surface area contributed by atoms with Crippen LogP contribution in [-0.2, 0) is 16.6 Å². The smallest absolute Gasteiger partial charge is 0.241 e. The lowest BCUT2D eigenvalue weighted by molar-refractivity contribution is 0.178. The van der Waals surface area contributed by atoms with Gasteiger partial charge in [-0.25, -0.2) is 13.1 Å². The van der Waals surface area contributed by atoms with E-state index in [2.05, 4.69) is 14.6 Å². The van der Waals surface area contributed by atoms with Crippen molar-refractivity contribution in [3.05, 3.63) is 72.6 Å². The summed E-state index contributed by atoms with van der Waals surface area (Å²) in [6.45, 7) is 3.40. The van der Waals surface area contributed by atoms with E-state index in [-0.39, 0.29) is 0 Å². The molecule has 0 spiro atoms. The van der Waals surface area contributed by atoms with E-state index in [1.807, 2.05) is 54.9 Å². The average Bonchev–Trinajstić information content (AvgIpc) is 2.74. The molecule has 0 saturated carbocycles. The van der Waals surface area contributed by atoms with E-state index in [0.717, 1.165) is 43.2 Å². The summed E-state index contributed by atoms with van der Waals surface area (Å²) in [4.78, 5) is 6.84. The highest BCUT2D eigenvalue weighted by Crippen LogP contribution is 2.24. The van der Waals surface area contributed by atoms with E-state index in [1.54, 1.807) is 12.1 Å². The van der Waals surface area contributed by atoms with Crippen LogP contribution in [0.3, 0.4) is 0 Å². The lowest BCUT2D eigenvalue weighted by Crippen LogP contribution is -2.38. The molecule has 2 aromatic carbocycles. The van der Waals surface area contributed by atoms with Gasteiger partial charge in [0.15, 0.2) is 0 Å². The topological polar surface area (TPSA) is 62.3 Å². The average molecular weight is 396 g/mol. The summed E-state index contributed by atoms with van der Waals surface area (Å²) in [6, 6.07) is 17.1. The van der Waals surface area contributed by atoms with E-state index >= 15 is 0 Å². The fraction of sp³-hybridized carbons (Fsp3) is 0.318. The summed E-state index contributed by atoms with van der Waals surface area (Å²) in [5, 5.41) is 1.71. The van der Waals surface area contributed by atoms with Crippen molar-refractivity contribution in [1.82, 2.24) is 14.6 Å². The van der Waals surface area contributed by atoms with Crippen LogP contribution in [0.5, 0.6) is 0 Å². The molecule has 0 radical (unpaired) electrons. The fourth-order valence-electron chi connectivity index (χ4n) is 3.83. The van der Waals surface area contributed by atoms with Gasteiger partial charge in [-0.05, 0) is 61.0 Å². The van der Waals surface area contributed by atoms with Crippen LogP contribution in [0.15, 0.2) is 71.9 Å². The van der Waals surface area contributed by atoms with Crippen LogP contribution < -0.4 is 4.72 Å². The first-order chi connectivity index (χ1) is 13.6. The molecule has 1 aliphatic heterocycles. The SMILES string of the molecule is O=S(=O)(NCC1CCN(Cc2ccncc2)CC1)c1cccc2ccccc12. The number of piperidine rings is 1. The Morgan fingerprint density at radius 1 is 0.964 bits per heavy atom. The largest absolute Gasteiger partial charge is 0.299 e. The second kappa shape index (κ2) is 8.39. The minimum absolute atomic E-state index is 0.362. The summed E-state index contributed by atoms with van der Waals surface area (Å²) in [7, 11) is -3.52. The highest BCUT2D eigenvalue weighted by atomic mass is 32.2. The van der Waals surface area contributed by atoms with Crippen LogP contribution in [0.2, 0.25) is 0 Å². The van der Waals surface area contributed by atoms with Gasteiger partial charge in [-0.15, -0.1) is 0 Å². The maximum Gasteiger partial charge on any atom is 0.241 e. The number of hydrogen-bond acceptors (Lipinski definition) is 4. The highest BCUT2D eigenvalue weighted by Gasteiger charge is 2.23. The van der Waals surface area contributed by atoms with Crippen molar-refractivity contribution in [3.8, 4) is 0 Å². The number of benzene rings is 2. The zero-order valence-corrected chi connectivity index (χ0v) is 16.6. The van der Waals surface area contributed by atoms with Crippen molar-refractivity contribution in [2.24, 2.45) is 5.92 Å². The summed E-state index contributed by atoms with van der Waals surface area (Å²) in [5.41, 5.74) is 1.27. The number of nitrogens with one attached hydrogen (secondary N) is 1. The molecule has 0 atom stereocenters. The molecule has 146 valence electrons. The Morgan fingerprint density at radius 2 is 1.68 bits per heavy atom. The third kappa shape index (κ3) is 4.41. The first-order valence-corrected chi connectivity index (χ1v) is 11.2. The normalized spacial score (nSPS) is 16.4. The molecule has 1 aromatic heterocycles. The Hall–Kier alpha value is -2.28. The van der Waals surface area contributed by atoms with Gasteiger partial charge in [0, 0.05) is 30.9 Å². The van der Waals surface area contributed by atoms with Crippen molar-refractivity contribution in [2.75, 3.05) is 19.6 Å². The lowest BCUT2D eigenvalue weighted by Gasteiger charge is -2.32. The third-order valence-electron chi connectivity index (χ3n) is 5.46. The molecular weight excluding hydrogens is 370 g/mol. The Balaban J connectivity index is 1.34. The Kier molecular flexibility index (Phi) is 5.71. The second-order valence-electron chi connectivity index (χ2n) is 7.40. The highest BCUT2D eigenvalue weighted by molar-refractivity contribution is 7.89. The van der Waals surface area contributed by atoms with E-state index in [0.29, 0.717) is 17.4 Å². The molecule has 1 saturated heterocycles. The van der Waals surface area contributed by atoms with Gasteiger partial charge in [0.1, 0.15) is 0 Å². The zero-order chi connectivity index (χ0) is 19.4. The van der Waals surface area contributed by atoms with Gasteiger partial charge in [0.25, 0.3) is 0 Å². The summed E-state index contributed by atoms with van der Waals surface area (Å²) >= 11 is 0. The van der Waals surface area contributed by atoms with Gasteiger partial charge in [-0.1, -0.05) is 36.4 Å². The van der Waals surface area contributed by atoms with Gasteiger partial charge in [0.2, 0.25) is 10.0 Å². The van der Waals surface area contributed by atoms with Gasteiger partial charge in [0.05, 0.1) is 4.90 Å².